The molecule has 0 unspecified atom stereocenters. The molecule has 2 N–H and O–H groups in total. The lowest BCUT2D eigenvalue weighted by molar-refractivity contribution is 0.252. The molecule has 2 amide bonds. The number of aryl methyl sites for hydroxylation is 1. The van der Waals surface area contributed by atoms with E-state index in [-0.39, 0.29) is 6.03 Å². The van der Waals surface area contributed by atoms with Crippen molar-refractivity contribution in [1.29, 1.82) is 0 Å². The first-order valence-corrected chi connectivity index (χ1v) is 8.50. The number of hydrogen-bond acceptors (Lipinski definition) is 4. The van der Waals surface area contributed by atoms with Crippen LogP contribution in [0.1, 0.15) is 10.6 Å². The summed E-state index contributed by atoms with van der Waals surface area (Å²) in [6.45, 7) is 2.57. The lowest BCUT2D eigenvalue weighted by atomic mass is 10.3. The van der Waals surface area contributed by atoms with Crippen molar-refractivity contribution in [2.24, 2.45) is 0 Å². The maximum absolute atomic E-state index is 11.9. The highest BCUT2D eigenvalue weighted by molar-refractivity contribution is 7.15. The Kier molecular flexibility index (Phi) is 5.18. The van der Waals surface area contributed by atoms with Crippen LogP contribution < -0.4 is 10.6 Å². The minimum Gasteiger partial charge on any atom is -0.338 e. The number of nitrogens with one attached hydrogen (secondary N) is 2. The first-order valence-electron chi connectivity index (χ1n) is 7.69. The first kappa shape index (κ1) is 16.1. The van der Waals surface area contributed by atoms with Crippen molar-refractivity contribution in [2.75, 3.05) is 11.9 Å². The molecule has 5 nitrogen and oxygen atoms in total. The van der Waals surface area contributed by atoms with E-state index in [1.54, 1.807) is 23.7 Å². The molecule has 0 spiro atoms. The van der Waals surface area contributed by atoms with E-state index in [0.29, 0.717) is 6.54 Å². The van der Waals surface area contributed by atoms with Gasteiger partial charge in [0.2, 0.25) is 0 Å². The van der Waals surface area contributed by atoms with E-state index < -0.39 is 0 Å². The number of hydrogen-bond donors (Lipinski definition) is 2. The first-order chi connectivity index (χ1) is 11.7. The van der Waals surface area contributed by atoms with Gasteiger partial charge in [-0.3, -0.25) is 4.98 Å². The number of urea groups is 1. The van der Waals surface area contributed by atoms with Gasteiger partial charge in [0.25, 0.3) is 0 Å². The third kappa shape index (κ3) is 4.17. The van der Waals surface area contributed by atoms with Crippen LogP contribution in [0.3, 0.4) is 0 Å². The van der Waals surface area contributed by atoms with Gasteiger partial charge in [-0.1, -0.05) is 18.2 Å². The smallest absolute Gasteiger partial charge is 0.319 e. The molecule has 0 saturated heterocycles. The summed E-state index contributed by atoms with van der Waals surface area (Å²) in [7, 11) is 0. The van der Waals surface area contributed by atoms with E-state index in [9.17, 15) is 4.79 Å². The molecule has 122 valence electrons. The van der Waals surface area contributed by atoms with E-state index in [1.807, 2.05) is 49.4 Å². The second-order valence-corrected chi connectivity index (χ2v) is 6.34. The van der Waals surface area contributed by atoms with Gasteiger partial charge in [-0.25, -0.2) is 9.78 Å². The number of thiazole rings is 1. The molecule has 0 bridgehead atoms. The second kappa shape index (κ2) is 7.70. The molecule has 3 rings (SSSR count). The summed E-state index contributed by atoms with van der Waals surface area (Å²) in [5, 5.41) is 6.66. The van der Waals surface area contributed by atoms with E-state index in [2.05, 4.69) is 20.6 Å². The minimum absolute atomic E-state index is 0.197. The average molecular weight is 338 g/mol. The molecule has 1 aromatic carbocycles. The molecular weight excluding hydrogens is 320 g/mol. The number of nitrogens with zero attached hydrogens (tertiary/aromatic N) is 2. The summed E-state index contributed by atoms with van der Waals surface area (Å²) in [5.41, 5.74) is 2.86. The summed E-state index contributed by atoms with van der Waals surface area (Å²) < 4.78 is 0. The molecule has 0 aliphatic carbocycles. The van der Waals surface area contributed by atoms with Gasteiger partial charge >= 0.3 is 6.03 Å². The van der Waals surface area contributed by atoms with Crippen LogP contribution in [0.2, 0.25) is 0 Å². The van der Waals surface area contributed by atoms with Crippen LogP contribution in [0.25, 0.3) is 10.6 Å². The topological polar surface area (TPSA) is 66.9 Å². The molecule has 24 heavy (non-hydrogen) atoms. The Morgan fingerprint density at radius 2 is 1.88 bits per heavy atom. The molecule has 2 heterocycles. The fourth-order valence-corrected chi connectivity index (χ4v) is 3.33. The van der Waals surface area contributed by atoms with Gasteiger partial charge < -0.3 is 10.6 Å². The van der Waals surface area contributed by atoms with Gasteiger partial charge in [-0.2, -0.15) is 0 Å². The highest BCUT2D eigenvalue weighted by atomic mass is 32.1. The van der Waals surface area contributed by atoms with Gasteiger partial charge in [0.15, 0.2) is 0 Å². The number of rotatable bonds is 5. The highest BCUT2D eigenvalue weighted by Crippen LogP contribution is 2.27. The van der Waals surface area contributed by atoms with Crippen molar-refractivity contribution >= 4 is 23.1 Å². The molecule has 3 aromatic rings. The third-order valence-electron chi connectivity index (χ3n) is 3.49. The zero-order chi connectivity index (χ0) is 16.8. The quantitative estimate of drug-likeness (QED) is 0.742. The lowest BCUT2D eigenvalue weighted by Crippen LogP contribution is -2.30. The number of para-hydroxylation sites is 1. The van der Waals surface area contributed by atoms with Gasteiger partial charge in [0, 0.05) is 41.5 Å². The van der Waals surface area contributed by atoms with E-state index >= 15 is 0 Å². The second-order valence-electron chi connectivity index (χ2n) is 5.26. The summed E-state index contributed by atoms with van der Waals surface area (Å²) in [6, 6.07) is 13.1. The summed E-state index contributed by atoms with van der Waals surface area (Å²) in [5.74, 6) is 0. The molecule has 2 aromatic heterocycles. The van der Waals surface area contributed by atoms with Crippen molar-refractivity contribution in [1.82, 2.24) is 15.3 Å². The maximum atomic E-state index is 11.9. The van der Waals surface area contributed by atoms with E-state index in [4.69, 9.17) is 0 Å². The van der Waals surface area contributed by atoms with Gasteiger partial charge in [0.1, 0.15) is 5.01 Å². The van der Waals surface area contributed by atoms with Crippen LogP contribution in [-0.4, -0.2) is 22.5 Å². The number of aromatic nitrogens is 2. The molecule has 0 aliphatic heterocycles. The zero-order valence-electron chi connectivity index (χ0n) is 13.3. The summed E-state index contributed by atoms with van der Waals surface area (Å²) >= 11 is 1.66. The Morgan fingerprint density at radius 3 is 2.62 bits per heavy atom. The van der Waals surface area contributed by atoms with Crippen LogP contribution in [0.15, 0.2) is 54.9 Å². The van der Waals surface area contributed by atoms with E-state index in [1.165, 1.54) is 4.88 Å². The maximum Gasteiger partial charge on any atom is 0.319 e. The zero-order valence-corrected chi connectivity index (χ0v) is 14.1. The molecule has 0 atom stereocenters. The van der Waals surface area contributed by atoms with Crippen molar-refractivity contribution in [2.45, 2.75) is 13.3 Å². The molecule has 0 fully saturated rings. The number of anilines is 1. The van der Waals surface area contributed by atoms with Crippen LogP contribution in [0.5, 0.6) is 0 Å². The molecule has 0 radical (unpaired) electrons. The SMILES string of the molecule is Cc1nc(-c2ccncc2)sc1CCNC(=O)Nc1ccccc1. The predicted molar refractivity (Wildman–Crippen MR) is 97.2 cm³/mol. The fraction of sp³-hybridized carbons (Fsp3) is 0.167. The third-order valence-corrected chi connectivity index (χ3v) is 4.76. The summed E-state index contributed by atoms with van der Waals surface area (Å²) in [4.78, 5) is 21.7. The Labute approximate surface area is 144 Å². The van der Waals surface area contributed by atoms with Gasteiger partial charge in [-0.05, 0) is 31.2 Å². The normalized spacial score (nSPS) is 10.4. The van der Waals surface area contributed by atoms with Crippen molar-refractivity contribution in [3.63, 3.8) is 0 Å². The molecule has 0 aliphatic rings. The number of pyridine rings is 1. The van der Waals surface area contributed by atoms with E-state index in [0.717, 1.165) is 28.4 Å². The number of amides is 2. The number of benzene rings is 1. The Morgan fingerprint density at radius 1 is 1.12 bits per heavy atom. The van der Waals surface area contributed by atoms with Crippen LogP contribution in [0.4, 0.5) is 10.5 Å². The largest absolute Gasteiger partial charge is 0.338 e. The minimum atomic E-state index is -0.197. The van der Waals surface area contributed by atoms with Crippen LogP contribution in [-0.2, 0) is 6.42 Å². The fourth-order valence-electron chi connectivity index (χ4n) is 2.26. The monoisotopic (exact) mass is 338 g/mol. The van der Waals surface area contributed by atoms with Crippen LogP contribution in [0, 0.1) is 6.92 Å². The summed E-state index contributed by atoms with van der Waals surface area (Å²) in [6.07, 6.45) is 4.29. The molecule has 6 heteroatoms. The Hall–Kier alpha value is -2.73. The van der Waals surface area contributed by atoms with Crippen molar-refractivity contribution in [3.8, 4) is 10.6 Å². The highest BCUT2D eigenvalue weighted by Gasteiger charge is 2.09. The molecular formula is C18H18N4OS. The van der Waals surface area contributed by atoms with Gasteiger partial charge in [0.05, 0.1) is 5.69 Å². The van der Waals surface area contributed by atoms with Crippen molar-refractivity contribution in [3.05, 3.63) is 65.4 Å². The van der Waals surface area contributed by atoms with Gasteiger partial charge in [-0.15, -0.1) is 11.3 Å². The standard InChI is InChI=1S/C18H18N4OS/c1-13-16(24-17(21-13)14-7-10-19-11-8-14)9-12-20-18(23)22-15-5-3-2-4-6-15/h2-8,10-11H,9,12H2,1H3,(H2,20,22,23). The van der Waals surface area contributed by atoms with Crippen molar-refractivity contribution < 1.29 is 4.79 Å². The Bertz CT molecular complexity index is 802. The lowest BCUT2D eigenvalue weighted by Gasteiger charge is -2.06. The number of carbonyl (C=O) groups excluding carboxylic acids is 1. The predicted octanol–water partition coefficient (Wildman–Crippen LogP) is 3.88. The molecule has 0 saturated carbocycles. The Balaban J connectivity index is 1.54. The average Bonchev–Trinajstić information content (AvgIpc) is 2.98. The van der Waals surface area contributed by atoms with Crippen LogP contribution >= 0.6 is 11.3 Å². The number of carbonyl (C=O) groups is 1.